The first-order valence-electron chi connectivity index (χ1n) is 5.87. The van der Waals surface area contributed by atoms with E-state index in [4.69, 9.17) is 11.1 Å². The molecular weight excluding hydrogens is 310 g/mol. The van der Waals surface area contributed by atoms with Gasteiger partial charge in [-0.15, -0.1) is 0 Å². The Hall–Kier alpha value is -0.680. The Labute approximate surface area is 122 Å². The van der Waals surface area contributed by atoms with Crippen molar-refractivity contribution in [1.82, 2.24) is 0 Å². The fourth-order valence-electron chi connectivity index (χ4n) is 1.85. The maximum Gasteiger partial charge on any atom is 0.122 e. The van der Waals surface area contributed by atoms with E-state index in [1.165, 1.54) is 0 Å². The number of nitrogens with one attached hydrogen (secondary N) is 1. The summed E-state index contributed by atoms with van der Waals surface area (Å²) in [4.78, 5) is 2.28. The van der Waals surface area contributed by atoms with E-state index in [-0.39, 0.29) is 5.84 Å². The van der Waals surface area contributed by atoms with Gasteiger partial charge in [0.1, 0.15) is 5.84 Å². The standard InChI is InChI=1S/C13H20BrN3S/c1-4-10(8-18-3)17(2)12-6-5-9(13(15)16)7-11(12)14/h5-7,10H,4,8H2,1-3H3,(H3,15,16). The van der Waals surface area contributed by atoms with Crippen molar-refractivity contribution in [2.75, 3.05) is 24.0 Å². The molecule has 18 heavy (non-hydrogen) atoms. The van der Waals surface area contributed by atoms with E-state index in [1.54, 1.807) is 0 Å². The van der Waals surface area contributed by atoms with Crippen LogP contribution in [0.5, 0.6) is 0 Å². The molecule has 3 N–H and O–H groups in total. The predicted octanol–water partition coefficient (Wildman–Crippen LogP) is 3.31. The lowest BCUT2D eigenvalue weighted by Gasteiger charge is -2.30. The minimum Gasteiger partial charge on any atom is -0.384 e. The van der Waals surface area contributed by atoms with Gasteiger partial charge in [0.25, 0.3) is 0 Å². The Morgan fingerprint density at radius 2 is 2.22 bits per heavy atom. The van der Waals surface area contributed by atoms with Gasteiger partial charge in [-0.2, -0.15) is 11.8 Å². The molecule has 0 aliphatic rings. The maximum atomic E-state index is 7.44. The van der Waals surface area contributed by atoms with Gasteiger partial charge in [-0.25, -0.2) is 0 Å². The lowest BCUT2D eigenvalue weighted by atomic mass is 10.1. The number of benzene rings is 1. The zero-order valence-corrected chi connectivity index (χ0v) is 13.4. The molecule has 1 unspecified atom stereocenters. The normalized spacial score (nSPS) is 12.2. The zero-order valence-electron chi connectivity index (χ0n) is 11.0. The summed E-state index contributed by atoms with van der Waals surface area (Å²) in [6, 6.07) is 6.33. The summed E-state index contributed by atoms with van der Waals surface area (Å²) in [6.45, 7) is 2.20. The zero-order chi connectivity index (χ0) is 13.7. The van der Waals surface area contributed by atoms with Gasteiger partial charge in [-0.3, -0.25) is 5.41 Å². The van der Waals surface area contributed by atoms with E-state index >= 15 is 0 Å². The van der Waals surface area contributed by atoms with E-state index in [0.717, 1.165) is 27.9 Å². The molecule has 0 amide bonds. The van der Waals surface area contributed by atoms with E-state index in [0.29, 0.717) is 6.04 Å². The number of halogens is 1. The van der Waals surface area contributed by atoms with Crippen LogP contribution in [0.25, 0.3) is 0 Å². The Balaban J connectivity index is 2.98. The molecule has 3 nitrogen and oxygen atoms in total. The highest BCUT2D eigenvalue weighted by Crippen LogP contribution is 2.29. The van der Waals surface area contributed by atoms with Crippen LogP contribution >= 0.6 is 27.7 Å². The van der Waals surface area contributed by atoms with Crippen molar-refractivity contribution in [3.05, 3.63) is 28.2 Å². The second-order valence-corrected chi connectivity index (χ2v) is 5.97. The molecule has 1 aromatic rings. The quantitative estimate of drug-likeness (QED) is 0.621. The molecule has 0 aliphatic heterocycles. The van der Waals surface area contributed by atoms with E-state index in [2.05, 4.69) is 41.1 Å². The fraction of sp³-hybridized carbons (Fsp3) is 0.462. The highest BCUT2D eigenvalue weighted by molar-refractivity contribution is 9.10. The maximum absolute atomic E-state index is 7.44. The highest BCUT2D eigenvalue weighted by Gasteiger charge is 2.15. The molecule has 100 valence electrons. The molecule has 0 aromatic heterocycles. The highest BCUT2D eigenvalue weighted by atomic mass is 79.9. The molecule has 0 saturated carbocycles. The molecule has 1 atom stereocenters. The first kappa shape index (κ1) is 15.4. The lowest BCUT2D eigenvalue weighted by molar-refractivity contribution is 0.672. The van der Waals surface area contributed by atoms with E-state index < -0.39 is 0 Å². The molecule has 0 bridgehead atoms. The summed E-state index contributed by atoms with van der Waals surface area (Å²) in [5, 5.41) is 7.44. The van der Waals surface area contributed by atoms with Gasteiger partial charge in [0, 0.05) is 28.9 Å². The third-order valence-corrected chi connectivity index (χ3v) is 4.37. The third kappa shape index (κ3) is 3.65. The Bertz CT molecular complexity index is 423. The van der Waals surface area contributed by atoms with Crippen molar-refractivity contribution < 1.29 is 0 Å². The van der Waals surface area contributed by atoms with Crippen molar-refractivity contribution in [2.24, 2.45) is 5.73 Å². The molecule has 5 heteroatoms. The number of hydrogen-bond acceptors (Lipinski definition) is 3. The molecule has 0 saturated heterocycles. The first-order valence-corrected chi connectivity index (χ1v) is 8.05. The Morgan fingerprint density at radius 3 is 2.67 bits per heavy atom. The summed E-state index contributed by atoms with van der Waals surface area (Å²) in [7, 11) is 2.11. The smallest absolute Gasteiger partial charge is 0.122 e. The van der Waals surface area contributed by atoms with Gasteiger partial charge in [0.2, 0.25) is 0 Å². The summed E-state index contributed by atoms with van der Waals surface area (Å²) in [5.41, 5.74) is 7.37. The van der Waals surface area contributed by atoms with Crippen molar-refractivity contribution in [1.29, 1.82) is 5.41 Å². The molecule has 0 heterocycles. The molecule has 1 aromatic carbocycles. The molecule has 0 spiro atoms. The van der Waals surface area contributed by atoms with Crippen molar-refractivity contribution in [2.45, 2.75) is 19.4 Å². The molecular formula is C13H20BrN3S. The van der Waals surface area contributed by atoms with Crippen LogP contribution in [0.1, 0.15) is 18.9 Å². The average molecular weight is 330 g/mol. The lowest BCUT2D eigenvalue weighted by Crippen LogP contribution is -2.33. The summed E-state index contributed by atoms with van der Waals surface area (Å²) in [5.74, 6) is 1.20. The van der Waals surface area contributed by atoms with Gasteiger partial charge < -0.3 is 10.6 Å². The van der Waals surface area contributed by atoms with Crippen molar-refractivity contribution in [3.63, 3.8) is 0 Å². The van der Waals surface area contributed by atoms with Crippen LogP contribution in [0.3, 0.4) is 0 Å². The minimum atomic E-state index is 0.0982. The average Bonchev–Trinajstić information content (AvgIpc) is 2.34. The monoisotopic (exact) mass is 329 g/mol. The largest absolute Gasteiger partial charge is 0.384 e. The number of nitrogen functional groups attached to an aromatic ring is 1. The SMILES string of the molecule is CCC(CSC)N(C)c1ccc(C(=N)N)cc1Br. The van der Waals surface area contributed by atoms with Crippen LogP contribution in [-0.4, -0.2) is 30.9 Å². The van der Waals surface area contributed by atoms with Gasteiger partial charge in [0.05, 0.1) is 5.69 Å². The summed E-state index contributed by atoms with van der Waals surface area (Å²) in [6.07, 6.45) is 3.24. The van der Waals surface area contributed by atoms with Gasteiger partial charge in [0.15, 0.2) is 0 Å². The Morgan fingerprint density at radius 1 is 1.56 bits per heavy atom. The van der Waals surface area contributed by atoms with Crippen LogP contribution in [0.2, 0.25) is 0 Å². The number of rotatable bonds is 6. The molecule has 0 aliphatic carbocycles. The van der Waals surface area contributed by atoms with Gasteiger partial charge >= 0.3 is 0 Å². The number of thioether (sulfide) groups is 1. The van der Waals surface area contributed by atoms with Crippen LogP contribution in [0.15, 0.2) is 22.7 Å². The molecule has 0 fully saturated rings. The van der Waals surface area contributed by atoms with Crippen molar-refractivity contribution >= 4 is 39.2 Å². The second-order valence-electron chi connectivity index (χ2n) is 4.21. The van der Waals surface area contributed by atoms with E-state index in [9.17, 15) is 0 Å². The van der Waals surface area contributed by atoms with Gasteiger partial charge in [-0.05, 0) is 46.8 Å². The third-order valence-electron chi connectivity index (χ3n) is 3.02. The summed E-state index contributed by atoms with van der Waals surface area (Å²) >= 11 is 5.42. The topological polar surface area (TPSA) is 53.1 Å². The van der Waals surface area contributed by atoms with Crippen LogP contribution < -0.4 is 10.6 Å². The van der Waals surface area contributed by atoms with Crippen LogP contribution in [-0.2, 0) is 0 Å². The van der Waals surface area contributed by atoms with Gasteiger partial charge in [-0.1, -0.05) is 6.92 Å². The Kier molecular flexibility index (Phi) is 6.02. The molecule has 0 radical (unpaired) electrons. The fourth-order valence-corrected chi connectivity index (χ4v) is 3.36. The van der Waals surface area contributed by atoms with Crippen molar-refractivity contribution in [3.8, 4) is 0 Å². The predicted molar refractivity (Wildman–Crippen MR) is 86.0 cm³/mol. The number of nitrogens with two attached hydrogens (primary N) is 1. The number of hydrogen-bond donors (Lipinski definition) is 2. The number of amidine groups is 1. The van der Waals surface area contributed by atoms with E-state index in [1.807, 2.05) is 30.0 Å². The second kappa shape index (κ2) is 7.04. The van der Waals surface area contributed by atoms with Crippen LogP contribution in [0, 0.1) is 5.41 Å². The van der Waals surface area contributed by atoms with Crippen LogP contribution in [0.4, 0.5) is 5.69 Å². The number of nitrogens with zero attached hydrogens (tertiary/aromatic N) is 1. The molecule has 1 rings (SSSR count). The first-order chi connectivity index (χ1) is 8.51. The number of anilines is 1. The minimum absolute atomic E-state index is 0.0982. The summed E-state index contributed by atoms with van der Waals surface area (Å²) < 4.78 is 0.984.